The van der Waals surface area contributed by atoms with Crippen LogP contribution < -0.4 is 10.6 Å². The summed E-state index contributed by atoms with van der Waals surface area (Å²) in [7, 11) is 0. The Hall–Kier alpha value is -1.32. The van der Waals surface area contributed by atoms with Gasteiger partial charge in [0.2, 0.25) is 5.95 Å². The lowest BCUT2D eigenvalue weighted by Crippen LogP contribution is -2.15. The second-order valence-electron chi connectivity index (χ2n) is 4.83. The third-order valence-corrected chi connectivity index (χ3v) is 2.67. The summed E-state index contributed by atoms with van der Waals surface area (Å²) in [6, 6.07) is 2.34. The van der Waals surface area contributed by atoms with Crippen LogP contribution in [0.3, 0.4) is 0 Å². The topological polar surface area (TPSA) is 49.8 Å². The monoisotopic (exact) mass is 236 g/mol. The molecule has 0 saturated heterocycles. The van der Waals surface area contributed by atoms with Crippen LogP contribution in [0.1, 0.15) is 40.5 Å². The molecule has 2 N–H and O–H groups in total. The molecule has 1 rings (SSSR count). The van der Waals surface area contributed by atoms with Crippen LogP contribution in [-0.2, 0) is 0 Å². The van der Waals surface area contributed by atoms with Crippen molar-refractivity contribution in [2.45, 2.75) is 46.6 Å². The van der Waals surface area contributed by atoms with Gasteiger partial charge < -0.3 is 10.6 Å². The minimum absolute atomic E-state index is 0.438. The molecule has 1 heterocycles. The van der Waals surface area contributed by atoms with Crippen LogP contribution in [0.25, 0.3) is 0 Å². The van der Waals surface area contributed by atoms with Gasteiger partial charge in [-0.2, -0.15) is 4.98 Å². The zero-order valence-corrected chi connectivity index (χ0v) is 11.3. The molecule has 0 fully saturated rings. The maximum atomic E-state index is 4.42. The van der Waals surface area contributed by atoms with Gasteiger partial charge >= 0.3 is 0 Å². The van der Waals surface area contributed by atoms with Gasteiger partial charge in [0.15, 0.2) is 0 Å². The highest BCUT2D eigenvalue weighted by molar-refractivity contribution is 5.40. The lowest BCUT2D eigenvalue weighted by atomic mass is 10.1. The first kappa shape index (κ1) is 13.7. The molecule has 4 heteroatoms. The molecule has 1 aromatic heterocycles. The predicted octanol–water partition coefficient (Wildman–Crippen LogP) is 3.15. The summed E-state index contributed by atoms with van der Waals surface area (Å²) in [5.74, 6) is 2.30. The highest BCUT2D eigenvalue weighted by Crippen LogP contribution is 2.09. The van der Waals surface area contributed by atoms with Crippen molar-refractivity contribution in [2.24, 2.45) is 5.92 Å². The first-order chi connectivity index (χ1) is 8.11. The molecule has 1 aromatic rings. The largest absolute Gasteiger partial charge is 0.367 e. The smallest absolute Gasteiger partial charge is 0.224 e. The van der Waals surface area contributed by atoms with Crippen LogP contribution in [0.15, 0.2) is 12.3 Å². The molecule has 0 spiro atoms. The Labute approximate surface area is 104 Å². The number of nitrogens with one attached hydrogen (secondary N) is 2. The van der Waals surface area contributed by atoms with E-state index in [1.807, 2.05) is 6.07 Å². The third-order valence-electron chi connectivity index (χ3n) is 2.67. The molecule has 0 aromatic carbocycles. The Bertz CT molecular complexity index is 325. The first-order valence-electron chi connectivity index (χ1n) is 6.45. The number of rotatable bonds is 7. The molecule has 17 heavy (non-hydrogen) atoms. The van der Waals surface area contributed by atoms with E-state index in [4.69, 9.17) is 0 Å². The first-order valence-corrected chi connectivity index (χ1v) is 6.45. The zero-order valence-electron chi connectivity index (χ0n) is 11.3. The molecular formula is C13H24N4. The summed E-state index contributed by atoms with van der Waals surface area (Å²) in [4.78, 5) is 8.63. The summed E-state index contributed by atoms with van der Waals surface area (Å²) in [6.07, 6.45) is 4.00. The lowest BCUT2D eigenvalue weighted by molar-refractivity contribution is 0.606. The molecule has 0 aliphatic heterocycles. The molecule has 1 unspecified atom stereocenters. The molecular weight excluding hydrogens is 212 g/mol. The van der Waals surface area contributed by atoms with Gasteiger partial charge in [0, 0.05) is 18.8 Å². The van der Waals surface area contributed by atoms with Crippen molar-refractivity contribution >= 4 is 11.8 Å². The van der Waals surface area contributed by atoms with Crippen molar-refractivity contribution in [3.8, 4) is 0 Å². The zero-order chi connectivity index (χ0) is 12.7. The summed E-state index contributed by atoms with van der Waals surface area (Å²) < 4.78 is 0. The third kappa shape index (κ3) is 5.52. The van der Waals surface area contributed by atoms with Crippen molar-refractivity contribution in [1.82, 2.24) is 9.97 Å². The van der Waals surface area contributed by atoms with Crippen LogP contribution >= 0.6 is 0 Å². The summed E-state index contributed by atoms with van der Waals surface area (Å²) in [6.45, 7) is 9.64. The molecule has 0 bridgehead atoms. The van der Waals surface area contributed by atoms with E-state index in [1.165, 1.54) is 0 Å². The lowest BCUT2D eigenvalue weighted by Gasteiger charge is -2.13. The van der Waals surface area contributed by atoms with Crippen LogP contribution in [0, 0.1) is 5.92 Å². The summed E-state index contributed by atoms with van der Waals surface area (Å²) >= 11 is 0. The average Bonchev–Trinajstić information content (AvgIpc) is 2.29. The van der Waals surface area contributed by atoms with Crippen LogP contribution in [-0.4, -0.2) is 22.6 Å². The van der Waals surface area contributed by atoms with Gasteiger partial charge in [0.25, 0.3) is 0 Å². The predicted molar refractivity (Wildman–Crippen MR) is 73.4 cm³/mol. The molecule has 0 saturated carbocycles. The molecule has 0 amide bonds. The molecule has 0 aliphatic rings. The van der Waals surface area contributed by atoms with E-state index in [2.05, 4.69) is 48.3 Å². The normalized spacial score (nSPS) is 12.5. The Morgan fingerprint density at radius 1 is 1.29 bits per heavy atom. The van der Waals surface area contributed by atoms with Crippen LogP contribution in [0.2, 0.25) is 0 Å². The molecule has 0 radical (unpaired) electrons. The highest BCUT2D eigenvalue weighted by atomic mass is 15.1. The SMILES string of the molecule is CCC(C)Nc1ccnc(NCCC(C)C)n1. The van der Waals surface area contributed by atoms with Crippen LogP contribution in [0.5, 0.6) is 0 Å². The Morgan fingerprint density at radius 3 is 2.71 bits per heavy atom. The highest BCUT2D eigenvalue weighted by Gasteiger charge is 2.02. The number of hydrogen-bond acceptors (Lipinski definition) is 4. The van der Waals surface area contributed by atoms with Gasteiger partial charge in [-0.1, -0.05) is 20.8 Å². The fourth-order valence-corrected chi connectivity index (χ4v) is 1.35. The van der Waals surface area contributed by atoms with E-state index >= 15 is 0 Å². The molecule has 1 atom stereocenters. The Morgan fingerprint density at radius 2 is 2.06 bits per heavy atom. The quantitative estimate of drug-likeness (QED) is 0.763. The van der Waals surface area contributed by atoms with Gasteiger partial charge in [-0.05, 0) is 31.7 Å². The van der Waals surface area contributed by atoms with E-state index in [0.29, 0.717) is 17.9 Å². The standard InChI is InChI=1S/C13H24N4/c1-5-11(4)16-12-7-9-15-13(17-12)14-8-6-10(2)3/h7,9-11H,5-6,8H2,1-4H3,(H2,14,15,16,17). The van der Waals surface area contributed by atoms with Crippen molar-refractivity contribution in [2.75, 3.05) is 17.2 Å². The molecule has 4 nitrogen and oxygen atoms in total. The van der Waals surface area contributed by atoms with Gasteiger partial charge in [-0.3, -0.25) is 0 Å². The van der Waals surface area contributed by atoms with E-state index in [-0.39, 0.29) is 0 Å². The van der Waals surface area contributed by atoms with Gasteiger partial charge in [0.1, 0.15) is 5.82 Å². The van der Waals surface area contributed by atoms with Crippen LogP contribution in [0.4, 0.5) is 11.8 Å². The minimum Gasteiger partial charge on any atom is -0.367 e. The van der Waals surface area contributed by atoms with Gasteiger partial charge in [0.05, 0.1) is 0 Å². The van der Waals surface area contributed by atoms with Gasteiger partial charge in [-0.15, -0.1) is 0 Å². The van der Waals surface area contributed by atoms with E-state index in [0.717, 1.165) is 25.2 Å². The van der Waals surface area contributed by atoms with Crippen molar-refractivity contribution in [3.63, 3.8) is 0 Å². The summed E-state index contributed by atoms with van der Waals surface area (Å²) in [5, 5.41) is 6.59. The van der Waals surface area contributed by atoms with Crippen molar-refractivity contribution in [3.05, 3.63) is 12.3 Å². The number of anilines is 2. The minimum atomic E-state index is 0.438. The average molecular weight is 236 g/mol. The Kier molecular flexibility index (Phi) is 5.73. The second-order valence-corrected chi connectivity index (χ2v) is 4.83. The van der Waals surface area contributed by atoms with E-state index in [9.17, 15) is 0 Å². The van der Waals surface area contributed by atoms with Gasteiger partial charge in [-0.25, -0.2) is 4.98 Å². The number of aromatic nitrogens is 2. The fourth-order valence-electron chi connectivity index (χ4n) is 1.35. The number of hydrogen-bond donors (Lipinski definition) is 2. The second kappa shape index (κ2) is 7.09. The fraction of sp³-hybridized carbons (Fsp3) is 0.692. The maximum absolute atomic E-state index is 4.42. The van der Waals surface area contributed by atoms with Crippen molar-refractivity contribution in [1.29, 1.82) is 0 Å². The molecule has 96 valence electrons. The Balaban J connectivity index is 2.48. The van der Waals surface area contributed by atoms with E-state index < -0.39 is 0 Å². The summed E-state index contributed by atoms with van der Waals surface area (Å²) in [5.41, 5.74) is 0. The van der Waals surface area contributed by atoms with E-state index in [1.54, 1.807) is 6.20 Å². The number of nitrogens with zero attached hydrogens (tertiary/aromatic N) is 2. The maximum Gasteiger partial charge on any atom is 0.224 e. The molecule has 0 aliphatic carbocycles. The van der Waals surface area contributed by atoms with Crippen molar-refractivity contribution < 1.29 is 0 Å².